The zero-order chi connectivity index (χ0) is 18.8. The molecule has 25 heavy (non-hydrogen) atoms. The minimum absolute atomic E-state index is 0.223. The van der Waals surface area contributed by atoms with Gasteiger partial charge in [-0.2, -0.15) is 12.7 Å². The number of carbonyl (C=O) groups excluding carboxylic acids is 1. The quantitative estimate of drug-likeness (QED) is 0.888. The number of piperazine rings is 1. The zero-order valence-electron chi connectivity index (χ0n) is 15.4. The molecule has 1 aromatic rings. The van der Waals surface area contributed by atoms with Crippen LogP contribution in [0.2, 0.25) is 0 Å². The molecular formula is C17H27N3O4S. The summed E-state index contributed by atoms with van der Waals surface area (Å²) in [6.45, 7) is 9.89. The van der Waals surface area contributed by atoms with Gasteiger partial charge in [-0.15, -0.1) is 0 Å². The average molecular weight is 369 g/mol. The standard InChI is InChI=1S/C17H27N3O4S/c1-13-7-6-8-15(11-13)18-25(22,23)19-9-10-20(14(2)12-19)16(21)24-17(3,4)5/h6-8,11,14,18H,9-10,12H2,1-5H3/t14-/m0/s1. The van der Waals surface area contributed by atoms with Crippen LogP contribution >= 0.6 is 0 Å². The highest BCUT2D eigenvalue weighted by atomic mass is 32.2. The van der Waals surface area contributed by atoms with E-state index < -0.39 is 21.9 Å². The minimum atomic E-state index is -3.67. The van der Waals surface area contributed by atoms with Crippen molar-refractivity contribution in [2.75, 3.05) is 24.4 Å². The predicted molar refractivity (Wildman–Crippen MR) is 97.7 cm³/mol. The molecule has 1 heterocycles. The van der Waals surface area contributed by atoms with Crippen LogP contribution in [0.4, 0.5) is 10.5 Å². The number of amides is 1. The predicted octanol–water partition coefficient (Wildman–Crippen LogP) is 2.59. The molecule has 0 bridgehead atoms. The third-order valence-electron chi connectivity index (χ3n) is 3.82. The molecule has 0 spiro atoms. The van der Waals surface area contributed by atoms with Crippen LogP contribution in [0.3, 0.4) is 0 Å². The Kier molecular flexibility index (Phi) is 5.63. The second-order valence-electron chi connectivity index (χ2n) is 7.36. The first-order chi connectivity index (χ1) is 11.5. The first-order valence-electron chi connectivity index (χ1n) is 8.32. The van der Waals surface area contributed by atoms with E-state index in [0.29, 0.717) is 12.2 Å². The smallest absolute Gasteiger partial charge is 0.410 e. The Morgan fingerprint density at radius 2 is 1.96 bits per heavy atom. The van der Waals surface area contributed by atoms with E-state index in [0.717, 1.165) is 5.56 Å². The van der Waals surface area contributed by atoms with Crippen molar-refractivity contribution < 1.29 is 17.9 Å². The van der Waals surface area contributed by atoms with Crippen LogP contribution in [0.25, 0.3) is 0 Å². The van der Waals surface area contributed by atoms with Gasteiger partial charge in [0.05, 0.1) is 5.69 Å². The van der Waals surface area contributed by atoms with Crippen LogP contribution < -0.4 is 4.72 Å². The third kappa shape index (κ3) is 5.34. The Morgan fingerprint density at radius 3 is 2.52 bits per heavy atom. The number of rotatable bonds is 3. The summed E-state index contributed by atoms with van der Waals surface area (Å²) < 4.78 is 34.5. The van der Waals surface area contributed by atoms with Crippen LogP contribution in [0.5, 0.6) is 0 Å². The number of ether oxygens (including phenoxy) is 1. The number of anilines is 1. The summed E-state index contributed by atoms with van der Waals surface area (Å²) in [5.74, 6) is 0. The molecule has 0 aromatic heterocycles. The lowest BCUT2D eigenvalue weighted by molar-refractivity contribution is 0.00863. The maximum absolute atomic E-state index is 12.6. The molecule has 7 nitrogen and oxygen atoms in total. The summed E-state index contributed by atoms with van der Waals surface area (Å²) in [5, 5.41) is 0. The number of nitrogens with one attached hydrogen (secondary N) is 1. The molecule has 8 heteroatoms. The van der Waals surface area contributed by atoms with Crippen LogP contribution in [0.15, 0.2) is 24.3 Å². The van der Waals surface area contributed by atoms with Gasteiger partial charge in [0.15, 0.2) is 0 Å². The van der Waals surface area contributed by atoms with Gasteiger partial charge in [-0.25, -0.2) is 4.79 Å². The number of hydrogen-bond donors (Lipinski definition) is 1. The van der Waals surface area contributed by atoms with E-state index in [1.54, 1.807) is 23.1 Å². The number of hydrogen-bond acceptors (Lipinski definition) is 4. The van der Waals surface area contributed by atoms with Gasteiger partial charge in [-0.1, -0.05) is 12.1 Å². The van der Waals surface area contributed by atoms with Crippen LogP contribution in [-0.4, -0.2) is 55.0 Å². The third-order valence-corrected chi connectivity index (χ3v) is 5.33. The second-order valence-corrected chi connectivity index (χ2v) is 9.03. The molecule has 2 rings (SSSR count). The number of aryl methyl sites for hydroxylation is 1. The molecule has 1 aromatic carbocycles. The Hall–Kier alpha value is -1.80. The average Bonchev–Trinajstić information content (AvgIpc) is 2.44. The Labute approximate surface area is 150 Å². The lowest BCUT2D eigenvalue weighted by Crippen LogP contribution is -2.57. The highest BCUT2D eigenvalue weighted by Gasteiger charge is 2.35. The van der Waals surface area contributed by atoms with Gasteiger partial charge in [-0.3, -0.25) is 4.72 Å². The molecule has 1 aliphatic rings. The number of carbonyl (C=O) groups is 1. The van der Waals surface area contributed by atoms with Crippen molar-refractivity contribution in [2.24, 2.45) is 0 Å². The van der Waals surface area contributed by atoms with Crippen molar-refractivity contribution in [1.29, 1.82) is 0 Å². The fraction of sp³-hybridized carbons (Fsp3) is 0.588. The van der Waals surface area contributed by atoms with Gasteiger partial charge in [0.1, 0.15) is 5.60 Å². The monoisotopic (exact) mass is 369 g/mol. The number of nitrogens with zero attached hydrogens (tertiary/aromatic N) is 2. The Balaban J connectivity index is 2.03. The highest BCUT2D eigenvalue weighted by molar-refractivity contribution is 7.90. The molecule has 0 saturated carbocycles. The summed E-state index contributed by atoms with van der Waals surface area (Å²) in [7, 11) is -3.67. The molecule has 1 N–H and O–H groups in total. The van der Waals surface area contributed by atoms with Gasteiger partial charge in [0.25, 0.3) is 0 Å². The van der Waals surface area contributed by atoms with Crippen molar-refractivity contribution in [2.45, 2.75) is 46.3 Å². The molecule has 1 saturated heterocycles. The van der Waals surface area contributed by atoms with E-state index in [2.05, 4.69) is 4.72 Å². The van der Waals surface area contributed by atoms with Crippen molar-refractivity contribution >= 4 is 22.0 Å². The van der Waals surface area contributed by atoms with E-state index >= 15 is 0 Å². The topological polar surface area (TPSA) is 79.0 Å². The summed E-state index contributed by atoms with van der Waals surface area (Å²) in [5.41, 5.74) is 0.928. The van der Waals surface area contributed by atoms with Crippen molar-refractivity contribution in [3.63, 3.8) is 0 Å². The lowest BCUT2D eigenvalue weighted by atomic mass is 10.2. The van der Waals surface area contributed by atoms with Gasteiger partial charge in [0, 0.05) is 25.7 Å². The van der Waals surface area contributed by atoms with Gasteiger partial charge < -0.3 is 9.64 Å². The van der Waals surface area contributed by atoms with Gasteiger partial charge in [0.2, 0.25) is 0 Å². The number of benzene rings is 1. The van der Waals surface area contributed by atoms with Gasteiger partial charge in [-0.05, 0) is 52.3 Å². The maximum Gasteiger partial charge on any atom is 0.410 e. The van der Waals surface area contributed by atoms with Crippen molar-refractivity contribution in [3.8, 4) is 0 Å². The van der Waals surface area contributed by atoms with Crippen LogP contribution in [-0.2, 0) is 14.9 Å². The van der Waals surface area contributed by atoms with E-state index in [-0.39, 0.29) is 19.1 Å². The lowest BCUT2D eigenvalue weighted by Gasteiger charge is -2.39. The summed E-state index contributed by atoms with van der Waals surface area (Å²) >= 11 is 0. The fourth-order valence-corrected chi connectivity index (χ4v) is 3.94. The van der Waals surface area contributed by atoms with Crippen LogP contribution in [0, 0.1) is 6.92 Å². The van der Waals surface area contributed by atoms with Gasteiger partial charge >= 0.3 is 16.3 Å². The molecule has 0 radical (unpaired) electrons. The first kappa shape index (κ1) is 19.5. The fourth-order valence-electron chi connectivity index (χ4n) is 2.66. The molecule has 1 atom stereocenters. The summed E-state index contributed by atoms with van der Waals surface area (Å²) in [4.78, 5) is 13.8. The van der Waals surface area contributed by atoms with E-state index in [1.165, 1.54) is 4.31 Å². The van der Waals surface area contributed by atoms with Crippen molar-refractivity contribution in [1.82, 2.24) is 9.21 Å². The van der Waals surface area contributed by atoms with E-state index in [1.807, 2.05) is 40.7 Å². The van der Waals surface area contributed by atoms with Crippen molar-refractivity contribution in [3.05, 3.63) is 29.8 Å². The second kappa shape index (κ2) is 7.21. The van der Waals surface area contributed by atoms with E-state index in [4.69, 9.17) is 4.74 Å². The molecule has 1 amide bonds. The molecule has 140 valence electrons. The Morgan fingerprint density at radius 1 is 1.28 bits per heavy atom. The largest absolute Gasteiger partial charge is 0.444 e. The maximum atomic E-state index is 12.6. The summed E-state index contributed by atoms with van der Waals surface area (Å²) in [6.07, 6.45) is -0.413. The summed E-state index contributed by atoms with van der Waals surface area (Å²) in [6, 6.07) is 6.93. The first-order valence-corrected chi connectivity index (χ1v) is 9.76. The minimum Gasteiger partial charge on any atom is -0.444 e. The van der Waals surface area contributed by atoms with E-state index in [9.17, 15) is 13.2 Å². The molecular weight excluding hydrogens is 342 g/mol. The molecule has 0 unspecified atom stereocenters. The molecule has 1 aliphatic heterocycles. The highest BCUT2D eigenvalue weighted by Crippen LogP contribution is 2.19. The normalized spacial score (nSPS) is 19.6. The zero-order valence-corrected chi connectivity index (χ0v) is 16.3. The SMILES string of the molecule is Cc1cccc(NS(=O)(=O)N2CCN(C(=O)OC(C)(C)C)[C@@H](C)C2)c1. The molecule has 1 fully saturated rings. The van der Waals surface area contributed by atoms with Crippen LogP contribution in [0.1, 0.15) is 33.3 Å². The molecule has 0 aliphatic carbocycles. The Bertz CT molecular complexity index is 728.